The summed E-state index contributed by atoms with van der Waals surface area (Å²) in [5.74, 6) is 1.48. The molecule has 3 rings (SSSR count). The maximum atomic E-state index is 5.48. The largest absolute Gasteiger partial charge is 0.493 e. The highest BCUT2D eigenvalue weighted by molar-refractivity contribution is 5.78. The monoisotopic (exact) mass is 313 g/mol. The van der Waals surface area contributed by atoms with Gasteiger partial charge < -0.3 is 19.7 Å². The summed E-state index contributed by atoms with van der Waals surface area (Å²) in [6.07, 6.45) is 3.67. The quantitative estimate of drug-likeness (QED) is 0.938. The number of aromatic nitrogens is 1. The number of ether oxygens (including phenoxy) is 2. The normalized spacial score (nSPS) is 15.6. The summed E-state index contributed by atoms with van der Waals surface area (Å²) >= 11 is 0. The number of hydrogen-bond donors (Lipinski definition) is 1. The molecule has 0 amide bonds. The van der Waals surface area contributed by atoms with Crippen LogP contribution in [0.2, 0.25) is 0 Å². The summed E-state index contributed by atoms with van der Waals surface area (Å²) in [6.45, 7) is 6.15. The maximum absolute atomic E-state index is 5.48. The molecule has 0 saturated heterocycles. The van der Waals surface area contributed by atoms with Crippen molar-refractivity contribution in [3.8, 4) is 11.5 Å². The molecule has 1 aromatic heterocycles. The van der Waals surface area contributed by atoms with Crippen LogP contribution in [0.3, 0.4) is 0 Å². The van der Waals surface area contributed by atoms with Crippen molar-refractivity contribution in [3.05, 3.63) is 42.2 Å². The first-order valence-electron chi connectivity index (χ1n) is 7.71. The van der Waals surface area contributed by atoms with Crippen LogP contribution in [0.1, 0.15) is 19.4 Å². The summed E-state index contributed by atoms with van der Waals surface area (Å²) < 4.78 is 10.9. The Hall–Kier alpha value is -2.43. The van der Waals surface area contributed by atoms with Crippen LogP contribution in [0.25, 0.3) is 0 Å². The Balaban J connectivity index is 2.04. The molecular formula is C18H23N3O2. The van der Waals surface area contributed by atoms with E-state index in [1.165, 1.54) is 5.56 Å². The minimum absolute atomic E-state index is 0.0180. The summed E-state index contributed by atoms with van der Waals surface area (Å²) in [6, 6.07) is 8.16. The molecule has 5 nitrogen and oxygen atoms in total. The van der Waals surface area contributed by atoms with Gasteiger partial charge in [-0.1, -0.05) is 0 Å². The van der Waals surface area contributed by atoms with Gasteiger partial charge in [-0.25, -0.2) is 0 Å². The second-order valence-electron chi connectivity index (χ2n) is 6.33. The summed E-state index contributed by atoms with van der Waals surface area (Å²) in [7, 11) is 3.32. The first-order chi connectivity index (χ1) is 11.0. The van der Waals surface area contributed by atoms with E-state index < -0.39 is 0 Å². The van der Waals surface area contributed by atoms with Gasteiger partial charge in [0.15, 0.2) is 11.5 Å². The number of nitrogens with one attached hydrogen (secondary N) is 1. The Kier molecular flexibility index (Phi) is 4.03. The maximum Gasteiger partial charge on any atom is 0.162 e. The fourth-order valence-corrected chi connectivity index (χ4v) is 2.94. The third-order valence-electron chi connectivity index (χ3n) is 4.32. The molecule has 1 aliphatic rings. The molecule has 1 aliphatic heterocycles. The number of fused-ring (bicyclic) bond motifs is 1. The Labute approximate surface area is 137 Å². The number of benzene rings is 1. The molecule has 0 bridgehead atoms. The van der Waals surface area contributed by atoms with Gasteiger partial charge in [0.05, 0.1) is 31.1 Å². The van der Waals surface area contributed by atoms with E-state index in [-0.39, 0.29) is 5.54 Å². The van der Waals surface area contributed by atoms with Gasteiger partial charge in [-0.2, -0.15) is 0 Å². The molecule has 0 spiro atoms. The predicted octanol–water partition coefficient (Wildman–Crippen LogP) is 3.31. The number of hydrogen-bond acceptors (Lipinski definition) is 5. The van der Waals surface area contributed by atoms with Gasteiger partial charge in [0.25, 0.3) is 0 Å². The topological polar surface area (TPSA) is 46.6 Å². The van der Waals surface area contributed by atoms with E-state index in [0.29, 0.717) is 0 Å². The van der Waals surface area contributed by atoms with Gasteiger partial charge in [0, 0.05) is 37.6 Å². The first-order valence-corrected chi connectivity index (χ1v) is 7.71. The van der Waals surface area contributed by atoms with Crippen molar-refractivity contribution in [1.29, 1.82) is 0 Å². The minimum Gasteiger partial charge on any atom is -0.493 e. The van der Waals surface area contributed by atoms with Crippen molar-refractivity contribution >= 4 is 11.4 Å². The van der Waals surface area contributed by atoms with Gasteiger partial charge in [-0.3, -0.25) is 4.98 Å². The molecule has 23 heavy (non-hydrogen) atoms. The zero-order chi connectivity index (χ0) is 16.4. The summed E-state index contributed by atoms with van der Waals surface area (Å²) in [5.41, 5.74) is 3.40. The van der Waals surface area contributed by atoms with E-state index in [4.69, 9.17) is 9.47 Å². The van der Waals surface area contributed by atoms with E-state index in [9.17, 15) is 0 Å². The van der Waals surface area contributed by atoms with E-state index in [1.54, 1.807) is 14.2 Å². The second kappa shape index (κ2) is 5.99. The third kappa shape index (κ3) is 2.91. The van der Waals surface area contributed by atoms with Gasteiger partial charge in [-0.05, 0) is 31.5 Å². The lowest BCUT2D eigenvalue weighted by atomic mass is 9.96. The second-order valence-corrected chi connectivity index (χ2v) is 6.33. The molecule has 0 fully saturated rings. The van der Waals surface area contributed by atoms with E-state index >= 15 is 0 Å². The van der Waals surface area contributed by atoms with Gasteiger partial charge >= 0.3 is 0 Å². The fourth-order valence-electron chi connectivity index (χ4n) is 2.94. The summed E-state index contributed by atoms with van der Waals surface area (Å²) in [4.78, 5) is 6.50. The molecule has 2 heterocycles. The van der Waals surface area contributed by atoms with Crippen LogP contribution < -0.4 is 19.7 Å². The summed E-state index contributed by atoms with van der Waals surface area (Å²) in [5, 5.41) is 3.51. The van der Waals surface area contributed by atoms with Crippen molar-refractivity contribution in [2.24, 2.45) is 0 Å². The van der Waals surface area contributed by atoms with E-state index in [2.05, 4.69) is 41.2 Å². The lowest BCUT2D eigenvalue weighted by molar-refractivity contribution is 0.354. The molecular weight excluding hydrogens is 290 g/mol. The number of nitrogens with zero attached hydrogens (tertiary/aromatic N) is 2. The van der Waals surface area contributed by atoms with E-state index in [1.807, 2.05) is 24.5 Å². The molecule has 1 aromatic carbocycles. The zero-order valence-corrected chi connectivity index (χ0v) is 14.1. The fraction of sp³-hybridized carbons (Fsp3) is 0.389. The van der Waals surface area contributed by atoms with Crippen molar-refractivity contribution in [3.63, 3.8) is 0 Å². The minimum atomic E-state index is -0.0180. The number of methoxy groups -OCH3 is 2. The smallest absolute Gasteiger partial charge is 0.162 e. The number of anilines is 2. The van der Waals surface area contributed by atoms with Crippen molar-refractivity contribution in [2.75, 3.05) is 31.0 Å². The Bertz CT molecular complexity index is 686. The highest BCUT2D eigenvalue weighted by Crippen LogP contribution is 2.43. The van der Waals surface area contributed by atoms with Gasteiger partial charge in [-0.15, -0.1) is 0 Å². The van der Waals surface area contributed by atoms with Crippen molar-refractivity contribution < 1.29 is 9.47 Å². The predicted molar refractivity (Wildman–Crippen MR) is 92.5 cm³/mol. The molecule has 0 aliphatic carbocycles. The standard InChI is InChI=1S/C18H23N3O2/c1-18(2)12-20-14-9-16(22-3)17(23-4)10-15(14)21(18)11-13-5-7-19-8-6-13/h5-10,20H,11-12H2,1-4H3. The van der Waals surface area contributed by atoms with Gasteiger partial charge in [0.1, 0.15) is 0 Å². The molecule has 0 unspecified atom stereocenters. The third-order valence-corrected chi connectivity index (χ3v) is 4.32. The molecule has 122 valence electrons. The Morgan fingerprint density at radius 1 is 1.13 bits per heavy atom. The molecule has 5 heteroatoms. The molecule has 0 saturated carbocycles. The van der Waals surface area contributed by atoms with Crippen LogP contribution in [0.15, 0.2) is 36.7 Å². The zero-order valence-electron chi connectivity index (χ0n) is 14.1. The highest BCUT2D eigenvalue weighted by atomic mass is 16.5. The SMILES string of the molecule is COc1cc2c(cc1OC)N(Cc1ccncc1)C(C)(C)CN2. The molecule has 0 atom stereocenters. The number of rotatable bonds is 4. The van der Waals surface area contributed by atoms with Crippen molar-refractivity contribution in [1.82, 2.24) is 4.98 Å². The average Bonchev–Trinajstić information content (AvgIpc) is 2.57. The van der Waals surface area contributed by atoms with E-state index in [0.717, 1.165) is 36.0 Å². The molecule has 1 N–H and O–H groups in total. The van der Waals surface area contributed by atoms with Gasteiger partial charge in [0.2, 0.25) is 0 Å². The van der Waals surface area contributed by atoms with Crippen LogP contribution in [-0.2, 0) is 6.54 Å². The first kappa shape index (κ1) is 15.5. The highest BCUT2D eigenvalue weighted by Gasteiger charge is 2.33. The van der Waals surface area contributed by atoms with Crippen LogP contribution in [0, 0.1) is 0 Å². The van der Waals surface area contributed by atoms with Crippen molar-refractivity contribution in [2.45, 2.75) is 25.9 Å². The molecule has 2 aromatic rings. The average molecular weight is 313 g/mol. The van der Waals surface area contributed by atoms with Crippen LogP contribution in [0.4, 0.5) is 11.4 Å². The Morgan fingerprint density at radius 3 is 2.43 bits per heavy atom. The van der Waals surface area contributed by atoms with Crippen LogP contribution >= 0.6 is 0 Å². The molecule has 0 radical (unpaired) electrons. The number of pyridine rings is 1. The Morgan fingerprint density at radius 2 is 1.78 bits per heavy atom. The lowest BCUT2D eigenvalue weighted by Gasteiger charge is -2.45. The lowest BCUT2D eigenvalue weighted by Crippen LogP contribution is -2.51. The van der Waals surface area contributed by atoms with Crippen LogP contribution in [0.5, 0.6) is 11.5 Å². The van der Waals surface area contributed by atoms with Crippen LogP contribution in [-0.4, -0.2) is 31.3 Å².